The molecule has 3 heteroatoms. The summed E-state index contributed by atoms with van der Waals surface area (Å²) in [5, 5.41) is 9.80. The van der Waals surface area contributed by atoms with Crippen molar-refractivity contribution in [3.63, 3.8) is 0 Å². The Morgan fingerprint density at radius 2 is 1.95 bits per heavy atom. The Balaban J connectivity index is 1.76. The molecular formula is C19H24O3. The van der Waals surface area contributed by atoms with Crippen molar-refractivity contribution in [1.29, 1.82) is 0 Å². The molecule has 3 saturated carbocycles. The minimum atomic E-state index is -0.405. The summed E-state index contributed by atoms with van der Waals surface area (Å²) >= 11 is 0. The van der Waals surface area contributed by atoms with Gasteiger partial charge in [-0.3, -0.25) is 9.59 Å². The zero-order valence-electron chi connectivity index (χ0n) is 13.3. The summed E-state index contributed by atoms with van der Waals surface area (Å²) in [6, 6.07) is 0. The molecule has 0 radical (unpaired) electrons. The number of ketones is 2. The third-order valence-electron chi connectivity index (χ3n) is 7.24. The standard InChI is InChI=1S/C19H24O3/c1-18-8-7-12(20)9-11(18)3-4-13-14-5-6-16(22)19(14,2)10-15(21)17(13)18/h7-9,11,13-14,17,20H,3-6,10H2,1-2H3/t11-,13?,14?,17?,18?,19?/m1/s1. The van der Waals surface area contributed by atoms with Crippen LogP contribution in [0.2, 0.25) is 0 Å². The first-order valence-electron chi connectivity index (χ1n) is 8.52. The molecule has 0 spiro atoms. The minimum absolute atomic E-state index is 0.0100. The van der Waals surface area contributed by atoms with E-state index in [-0.39, 0.29) is 23.0 Å². The molecule has 0 aromatic rings. The van der Waals surface area contributed by atoms with Crippen LogP contribution in [0.5, 0.6) is 0 Å². The first kappa shape index (κ1) is 14.2. The quantitative estimate of drug-likeness (QED) is 0.743. The summed E-state index contributed by atoms with van der Waals surface area (Å²) in [5.74, 6) is 1.84. The van der Waals surface area contributed by atoms with E-state index >= 15 is 0 Å². The van der Waals surface area contributed by atoms with Crippen molar-refractivity contribution in [2.24, 2.45) is 34.5 Å². The van der Waals surface area contributed by atoms with Gasteiger partial charge in [0.2, 0.25) is 0 Å². The van der Waals surface area contributed by atoms with Gasteiger partial charge in [0.05, 0.1) is 0 Å². The molecule has 0 bridgehead atoms. The van der Waals surface area contributed by atoms with E-state index in [1.54, 1.807) is 6.08 Å². The second-order valence-electron chi connectivity index (χ2n) is 8.25. The summed E-state index contributed by atoms with van der Waals surface area (Å²) in [6.45, 7) is 4.20. The molecule has 3 nitrogen and oxygen atoms in total. The number of carbonyl (C=O) groups is 2. The number of fused-ring (bicyclic) bond motifs is 5. The Morgan fingerprint density at radius 1 is 1.18 bits per heavy atom. The van der Waals surface area contributed by atoms with Crippen molar-refractivity contribution >= 4 is 11.6 Å². The van der Waals surface area contributed by atoms with Gasteiger partial charge in [-0.15, -0.1) is 0 Å². The van der Waals surface area contributed by atoms with Gasteiger partial charge < -0.3 is 5.11 Å². The molecular weight excluding hydrogens is 276 g/mol. The summed E-state index contributed by atoms with van der Waals surface area (Å²) in [5.41, 5.74) is -0.600. The van der Waals surface area contributed by atoms with Crippen LogP contribution in [-0.2, 0) is 9.59 Å². The van der Waals surface area contributed by atoms with Crippen LogP contribution in [-0.4, -0.2) is 16.7 Å². The van der Waals surface area contributed by atoms with Crippen LogP contribution in [0.1, 0.15) is 46.0 Å². The van der Waals surface area contributed by atoms with Crippen LogP contribution in [0.25, 0.3) is 0 Å². The monoisotopic (exact) mass is 300 g/mol. The fourth-order valence-electron chi connectivity index (χ4n) is 6.06. The largest absolute Gasteiger partial charge is 0.508 e. The van der Waals surface area contributed by atoms with Gasteiger partial charge in [-0.2, -0.15) is 0 Å². The maximum absolute atomic E-state index is 13.0. The second kappa shape index (κ2) is 4.33. The van der Waals surface area contributed by atoms with Crippen LogP contribution in [0.3, 0.4) is 0 Å². The van der Waals surface area contributed by atoms with Crippen molar-refractivity contribution < 1.29 is 14.7 Å². The van der Waals surface area contributed by atoms with E-state index in [1.807, 2.05) is 13.0 Å². The van der Waals surface area contributed by atoms with Crippen LogP contribution < -0.4 is 0 Å². The topological polar surface area (TPSA) is 54.4 Å². The minimum Gasteiger partial charge on any atom is -0.508 e. The van der Waals surface area contributed by atoms with Gasteiger partial charge in [0.1, 0.15) is 17.3 Å². The van der Waals surface area contributed by atoms with Crippen molar-refractivity contribution in [3.8, 4) is 0 Å². The number of rotatable bonds is 0. The van der Waals surface area contributed by atoms with Crippen LogP contribution in [0.4, 0.5) is 0 Å². The highest BCUT2D eigenvalue weighted by Gasteiger charge is 2.62. The SMILES string of the molecule is CC12CC(=O)C3C(CC[C@@H]4C=C(O)C=CC34C)C1CCC2=O. The number of aliphatic hydroxyl groups excluding tert-OH is 1. The third kappa shape index (κ3) is 1.63. The van der Waals surface area contributed by atoms with Gasteiger partial charge in [0, 0.05) is 29.6 Å². The van der Waals surface area contributed by atoms with E-state index in [9.17, 15) is 14.7 Å². The van der Waals surface area contributed by atoms with Gasteiger partial charge in [0.25, 0.3) is 0 Å². The summed E-state index contributed by atoms with van der Waals surface area (Å²) in [6.07, 6.45) is 9.76. The van der Waals surface area contributed by atoms with Crippen molar-refractivity contribution in [2.75, 3.05) is 0 Å². The molecule has 4 aliphatic rings. The normalized spacial score (nSPS) is 50.2. The molecule has 4 aliphatic carbocycles. The fraction of sp³-hybridized carbons (Fsp3) is 0.684. The number of hydrogen-bond acceptors (Lipinski definition) is 3. The molecule has 0 aromatic carbocycles. The highest BCUT2D eigenvalue weighted by Crippen LogP contribution is 2.62. The van der Waals surface area contributed by atoms with Gasteiger partial charge in [-0.1, -0.05) is 19.9 Å². The Hall–Kier alpha value is -1.38. The highest BCUT2D eigenvalue weighted by atomic mass is 16.3. The van der Waals surface area contributed by atoms with Crippen LogP contribution in [0.15, 0.2) is 24.0 Å². The van der Waals surface area contributed by atoms with E-state index in [0.717, 1.165) is 19.3 Å². The summed E-state index contributed by atoms with van der Waals surface area (Å²) < 4.78 is 0. The third-order valence-corrected chi connectivity index (χ3v) is 7.24. The number of hydrogen-bond donors (Lipinski definition) is 1. The average Bonchev–Trinajstić information content (AvgIpc) is 2.75. The maximum atomic E-state index is 13.0. The zero-order chi connectivity index (χ0) is 15.7. The van der Waals surface area contributed by atoms with E-state index in [2.05, 4.69) is 13.0 Å². The van der Waals surface area contributed by atoms with Gasteiger partial charge >= 0.3 is 0 Å². The molecule has 4 rings (SSSR count). The van der Waals surface area contributed by atoms with E-state index in [4.69, 9.17) is 0 Å². The molecule has 0 aliphatic heterocycles. The molecule has 0 heterocycles. The second-order valence-corrected chi connectivity index (χ2v) is 8.25. The lowest BCUT2D eigenvalue weighted by Crippen LogP contribution is -2.55. The summed E-state index contributed by atoms with van der Waals surface area (Å²) in [7, 11) is 0. The molecule has 1 N–H and O–H groups in total. The van der Waals surface area contributed by atoms with E-state index in [0.29, 0.717) is 36.2 Å². The molecule has 3 fully saturated rings. The Kier molecular flexibility index (Phi) is 2.80. The number of allylic oxidation sites excluding steroid dienone is 3. The molecule has 0 saturated heterocycles. The first-order chi connectivity index (χ1) is 10.4. The Labute approximate surface area is 131 Å². The van der Waals surface area contributed by atoms with Crippen LogP contribution >= 0.6 is 0 Å². The lowest BCUT2D eigenvalue weighted by Gasteiger charge is -2.56. The van der Waals surface area contributed by atoms with Gasteiger partial charge in [-0.05, 0) is 49.2 Å². The highest BCUT2D eigenvalue weighted by molar-refractivity contribution is 5.95. The Morgan fingerprint density at radius 3 is 2.73 bits per heavy atom. The molecule has 118 valence electrons. The van der Waals surface area contributed by atoms with Gasteiger partial charge in [-0.25, -0.2) is 0 Å². The van der Waals surface area contributed by atoms with Crippen molar-refractivity contribution in [2.45, 2.75) is 46.0 Å². The molecule has 5 unspecified atom stereocenters. The van der Waals surface area contributed by atoms with E-state index in [1.165, 1.54) is 0 Å². The average molecular weight is 300 g/mol. The van der Waals surface area contributed by atoms with Crippen LogP contribution in [0, 0.1) is 34.5 Å². The predicted octanol–water partition coefficient (Wildman–Crippen LogP) is 3.61. The van der Waals surface area contributed by atoms with Crippen molar-refractivity contribution in [3.05, 3.63) is 24.0 Å². The first-order valence-corrected chi connectivity index (χ1v) is 8.52. The van der Waals surface area contributed by atoms with E-state index < -0.39 is 5.41 Å². The molecule has 0 aromatic heterocycles. The number of carbonyl (C=O) groups excluding carboxylic acids is 2. The van der Waals surface area contributed by atoms with Gasteiger partial charge in [0.15, 0.2) is 0 Å². The number of aliphatic hydroxyl groups is 1. The summed E-state index contributed by atoms with van der Waals surface area (Å²) in [4.78, 5) is 25.3. The molecule has 0 amide bonds. The number of Topliss-reactive ketones (excluding diaryl/α,β-unsaturated/α-hetero) is 2. The zero-order valence-corrected chi connectivity index (χ0v) is 13.3. The predicted molar refractivity (Wildman–Crippen MR) is 83.1 cm³/mol. The fourth-order valence-corrected chi connectivity index (χ4v) is 6.06. The Bertz CT molecular complexity index is 616. The smallest absolute Gasteiger partial charge is 0.139 e. The molecule has 22 heavy (non-hydrogen) atoms. The van der Waals surface area contributed by atoms with Crippen molar-refractivity contribution in [1.82, 2.24) is 0 Å². The maximum Gasteiger partial charge on any atom is 0.139 e. The lowest BCUT2D eigenvalue weighted by atomic mass is 9.47. The molecule has 6 atom stereocenters. The lowest BCUT2D eigenvalue weighted by molar-refractivity contribution is -0.151.